The predicted molar refractivity (Wildman–Crippen MR) is 57.0 cm³/mol. The van der Waals surface area contributed by atoms with Gasteiger partial charge in [0, 0.05) is 13.7 Å². The van der Waals surface area contributed by atoms with Crippen LogP contribution in [0.2, 0.25) is 0 Å². The van der Waals surface area contributed by atoms with Gasteiger partial charge in [0.2, 0.25) is 5.91 Å². The molecule has 14 heavy (non-hydrogen) atoms. The van der Waals surface area contributed by atoms with Crippen LogP contribution in [0.25, 0.3) is 0 Å². The maximum absolute atomic E-state index is 11.4. The minimum atomic E-state index is -0.377. The molecule has 84 valence electrons. The van der Waals surface area contributed by atoms with Gasteiger partial charge in [-0.1, -0.05) is 0 Å². The second-order valence-corrected chi connectivity index (χ2v) is 3.99. The number of ether oxygens (including phenoxy) is 1. The van der Waals surface area contributed by atoms with E-state index in [4.69, 9.17) is 10.5 Å². The number of nitrogens with one attached hydrogen (secondary N) is 1. The van der Waals surface area contributed by atoms with E-state index in [0.29, 0.717) is 19.5 Å². The van der Waals surface area contributed by atoms with Gasteiger partial charge in [-0.3, -0.25) is 4.79 Å². The fourth-order valence-electron chi connectivity index (χ4n) is 1.02. The summed E-state index contributed by atoms with van der Waals surface area (Å²) in [5.74, 6) is 0.0360. The molecule has 0 atom stereocenters. The summed E-state index contributed by atoms with van der Waals surface area (Å²) >= 11 is 0. The van der Waals surface area contributed by atoms with Gasteiger partial charge in [-0.25, -0.2) is 0 Å². The van der Waals surface area contributed by atoms with Crippen LogP contribution in [0.4, 0.5) is 0 Å². The van der Waals surface area contributed by atoms with Crippen LogP contribution in [0.5, 0.6) is 0 Å². The molecule has 0 aromatic carbocycles. The van der Waals surface area contributed by atoms with Crippen molar-refractivity contribution in [3.8, 4) is 0 Å². The Bertz CT molecular complexity index is 170. The zero-order valence-electron chi connectivity index (χ0n) is 9.43. The van der Waals surface area contributed by atoms with Crippen LogP contribution in [0.3, 0.4) is 0 Å². The zero-order valence-corrected chi connectivity index (χ0v) is 9.43. The molecule has 0 saturated carbocycles. The molecule has 0 aliphatic heterocycles. The monoisotopic (exact) mass is 202 g/mol. The van der Waals surface area contributed by atoms with Gasteiger partial charge in [-0.2, -0.15) is 0 Å². The van der Waals surface area contributed by atoms with Crippen molar-refractivity contribution in [2.45, 2.75) is 38.7 Å². The number of carbonyl (C=O) groups is 1. The predicted octanol–water partition coefficient (Wildman–Crippen LogP) is 0.657. The Kier molecular flexibility index (Phi) is 6.49. The van der Waals surface area contributed by atoms with Crippen LogP contribution >= 0.6 is 0 Å². The second-order valence-electron chi connectivity index (χ2n) is 3.99. The van der Waals surface area contributed by atoms with Gasteiger partial charge in [0.1, 0.15) is 0 Å². The van der Waals surface area contributed by atoms with E-state index in [9.17, 15) is 4.79 Å². The molecule has 3 N–H and O–H groups in total. The van der Waals surface area contributed by atoms with E-state index in [0.717, 1.165) is 12.8 Å². The third-order valence-corrected chi connectivity index (χ3v) is 2.09. The van der Waals surface area contributed by atoms with Gasteiger partial charge in [-0.15, -0.1) is 0 Å². The number of amides is 1. The van der Waals surface area contributed by atoms with Crippen molar-refractivity contribution in [1.82, 2.24) is 5.32 Å². The minimum Gasteiger partial charge on any atom is -0.378 e. The van der Waals surface area contributed by atoms with Crippen LogP contribution in [0.15, 0.2) is 0 Å². The first-order valence-electron chi connectivity index (χ1n) is 5.04. The third kappa shape index (κ3) is 6.86. The largest absolute Gasteiger partial charge is 0.378 e. The molecule has 0 heterocycles. The van der Waals surface area contributed by atoms with Crippen molar-refractivity contribution in [1.29, 1.82) is 0 Å². The fourth-order valence-corrected chi connectivity index (χ4v) is 1.02. The molecule has 0 aromatic heterocycles. The molecular formula is C10H22N2O2. The summed E-state index contributed by atoms with van der Waals surface area (Å²) in [4.78, 5) is 11.4. The minimum absolute atomic E-state index is 0.0360. The van der Waals surface area contributed by atoms with Gasteiger partial charge in [-0.05, 0) is 33.2 Å². The molecule has 1 amide bonds. The molecule has 0 radical (unpaired) electrons. The Morgan fingerprint density at radius 1 is 1.43 bits per heavy atom. The average Bonchev–Trinajstić information content (AvgIpc) is 2.12. The summed E-state index contributed by atoms with van der Waals surface area (Å²) in [6.45, 7) is 5.17. The van der Waals surface area contributed by atoms with E-state index in [1.807, 2.05) is 13.8 Å². The fraction of sp³-hybridized carbons (Fsp3) is 0.900. The number of hydrogen-bond acceptors (Lipinski definition) is 3. The lowest BCUT2D eigenvalue weighted by Crippen LogP contribution is -2.34. The molecule has 4 nitrogen and oxygen atoms in total. The highest BCUT2D eigenvalue weighted by Crippen LogP contribution is 2.11. The van der Waals surface area contributed by atoms with E-state index in [1.54, 1.807) is 7.11 Å². The first-order chi connectivity index (χ1) is 6.52. The van der Waals surface area contributed by atoms with Crippen molar-refractivity contribution in [2.75, 3.05) is 20.2 Å². The maximum Gasteiger partial charge on any atom is 0.222 e. The summed E-state index contributed by atoms with van der Waals surface area (Å²) in [7, 11) is 1.61. The molecule has 0 saturated heterocycles. The molecule has 0 spiro atoms. The van der Waals surface area contributed by atoms with Crippen LogP contribution < -0.4 is 11.1 Å². The summed E-state index contributed by atoms with van der Waals surface area (Å²) in [6.07, 6.45) is 2.29. The van der Waals surface area contributed by atoms with Gasteiger partial charge in [0.15, 0.2) is 0 Å². The number of hydrogen-bond donors (Lipinski definition) is 2. The van der Waals surface area contributed by atoms with E-state index in [-0.39, 0.29) is 11.5 Å². The molecule has 0 fully saturated rings. The number of nitrogens with two attached hydrogens (primary N) is 1. The second kappa shape index (κ2) is 6.79. The molecule has 0 aliphatic rings. The summed E-state index contributed by atoms with van der Waals surface area (Å²) in [5, 5.41) is 2.83. The van der Waals surface area contributed by atoms with Gasteiger partial charge < -0.3 is 15.8 Å². The lowest BCUT2D eigenvalue weighted by atomic mass is 10.1. The van der Waals surface area contributed by atoms with Crippen molar-refractivity contribution < 1.29 is 9.53 Å². The molecule has 4 heteroatoms. The Morgan fingerprint density at radius 2 is 2.07 bits per heavy atom. The topological polar surface area (TPSA) is 64.3 Å². The van der Waals surface area contributed by atoms with Crippen LogP contribution in [-0.4, -0.2) is 31.7 Å². The Labute approximate surface area is 86.2 Å². The van der Waals surface area contributed by atoms with Crippen LogP contribution in [0.1, 0.15) is 33.1 Å². The van der Waals surface area contributed by atoms with Crippen molar-refractivity contribution in [3.05, 3.63) is 0 Å². The maximum atomic E-state index is 11.4. The smallest absolute Gasteiger partial charge is 0.222 e. The Balaban J connectivity index is 3.55. The highest BCUT2D eigenvalue weighted by Gasteiger charge is 2.20. The molecule has 0 aliphatic carbocycles. The van der Waals surface area contributed by atoms with E-state index >= 15 is 0 Å². The summed E-state index contributed by atoms with van der Waals surface area (Å²) in [5.41, 5.74) is 4.96. The highest BCUT2D eigenvalue weighted by atomic mass is 16.5. The van der Waals surface area contributed by atoms with E-state index < -0.39 is 0 Å². The molecular weight excluding hydrogens is 180 g/mol. The Morgan fingerprint density at radius 3 is 2.57 bits per heavy atom. The van der Waals surface area contributed by atoms with Crippen LogP contribution in [-0.2, 0) is 9.53 Å². The number of unbranched alkanes of at least 4 members (excludes halogenated alkanes) is 1. The molecule has 0 aromatic rings. The summed E-state index contributed by atoms with van der Waals surface area (Å²) in [6, 6.07) is 0. The van der Waals surface area contributed by atoms with Crippen molar-refractivity contribution in [3.63, 3.8) is 0 Å². The van der Waals surface area contributed by atoms with Gasteiger partial charge in [0.05, 0.1) is 12.0 Å². The zero-order chi connectivity index (χ0) is 11.0. The van der Waals surface area contributed by atoms with E-state index in [1.165, 1.54) is 0 Å². The first-order valence-corrected chi connectivity index (χ1v) is 5.04. The van der Waals surface area contributed by atoms with E-state index in [2.05, 4.69) is 5.32 Å². The normalized spacial score (nSPS) is 11.4. The van der Waals surface area contributed by atoms with Gasteiger partial charge >= 0.3 is 0 Å². The standard InChI is InChI=1S/C10H22N2O2/c1-10(2,14-3)8-9(13)12-7-5-4-6-11/h4-8,11H2,1-3H3,(H,12,13). The number of methoxy groups -OCH3 is 1. The number of carbonyl (C=O) groups excluding carboxylic acids is 1. The van der Waals surface area contributed by atoms with Crippen LogP contribution in [0, 0.1) is 0 Å². The highest BCUT2D eigenvalue weighted by molar-refractivity contribution is 5.76. The molecule has 0 bridgehead atoms. The quantitative estimate of drug-likeness (QED) is 0.596. The number of rotatable bonds is 7. The average molecular weight is 202 g/mol. The third-order valence-electron chi connectivity index (χ3n) is 2.09. The summed E-state index contributed by atoms with van der Waals surface area (Å²) < 4.78 is 5.15. The lowest BCUT2D eigenvalue weighted by Gasteiger charge is -2.21. The van der Waals surface area contributed by atoms with Crippen molar-refractivity contribution in [2.24, 2.45) is 5.73 Å². The Hall–Kier alpha value is -0.610. The lowest BCUT2D eigenvalue weighted by molar-refractivity contribution is -0.126. The molecule has 0 unspecified atom stereocenters. The van der Waals surface area contributed by atoms with Crippen molar-refractivity contribution >= 4 is 5.91 Å². The van der Waals surface area contributed by atoms with Gasteiger partial charge in [0.25, 0.3) is 0 Å². The first kappa shape index (κ1) is 13.4. The molecule has 0 rings (SSSR count). The SMILES string of the molecule is COC(C)(C)CC(=O)NCCCCN.